The van der Waals surface area contributed by atoms with E-state index in [0.717, 1.165) is 12.7 Å². The summed E-state index contributed by atoms with van der Waals surface area (Å²) in [6.07, 6.45) is 8.48. The maximum Gasteiger partial charge on any atom is 0.300 e. The molecule has 0 fully saturated rings. The summed E-state index contributed by atoms with van der Waals surface area (Å²) >= 11 is 0. The fraction of sp³-hybridized carbons (Fsp3) is 0.400. The van der Waals surface area contributed by atoms with Crippen LogP contribution in [0.2, 0.25) is 0 Å². The van der Waals surface area contributed by atoms with Crippen LogP contribution in [0.1, 0.15) is 25.6 Å². The smallest absolute Gasteiger partial charge is 0.300 e. The second kappa shape index (κ2) is 4.60. The molecule has 14 heavy (non-hydrogen) atoms. The van der Waals surface area contributed by atoms with Crippen molar-refractivity contribution in [1.82, 2.24) is 9.55 Å². The summed E-state index contributed by atoms with van der Waals surface area (Å²) in [7, 11) is 2.03. The largest absolute Gasteiger partial charge is 0.481 e. The SMILES string of the molecule is CC(=O)O.Cn1ccnc1C1=CCC1. The predicted molar refractivity (Wildman–Crippen MR) is 53.7 cm³/mol. The predicted octanol–water partition coefficient (Wildman–Crippen LogP) is 1.69. The molecule has 1 aromatic rings. The number of nitrogens with zero attached hydrogens (tertiary/aromatic N) is 2. The average Bonchev–Trinajstić information content (AvgIpc) is 2.32. The van der Waals surface area contributed by atoms with Crippen molar-refractivity contribution in [3.63, 3.8) is 0 Å². The molecule has 2 rings (SSSR count). The van der Waals surface area contributed by atoms with Gasteiger partial charge in [-0.15, -0.1) is 0 Å². The first kappa shape index (κ1) is 10.5. The van der Waals surface area contributed by atoms with Crippen LogP contribution < -0.4 is 0 Å². The Morgan fingerprint density at radius 2 is 2.21 bits per heavy atom. The van der Waals surface area contributed by atoms with Crippen molar-refractivity contribution in [2.75, 3.05) is 0 Å². The van der Waals surface area contributed by atoms with E-state index in [-0.39, 0.29) is 0 Å². The normalized spacial score (nSPS) is 13.4. The molecule has 0 unspecified atom stereocenters. The van der Waals surface area contributed by atoms with Crippen LogP contribution >= 0.6 is 0 Å². The van der Waals surface area contributed by atoms with E-state index in [2.05, 4.69) is 15.6 Å². The van der Waals surface area contributed by atoms with E-state index in [1.165, 1.54) is 18.4 Å². The highest BCUT2D eigenvalue weighted by Crippen LogP contribution is 2.26. The number of hydrogen-bond acceptors (Lipinski definition) is 2. The van der Waals surface area contributed by atoms with Gasteiger partial charge in [0.1, 0.15) is 5.82 Å². The minimum Gasteiger partial charge on any atom is -0.481 e. The van der Waals surface area contributed by atoms with Gasteiger partial charge in [-0.2, -0.15) is 0 Å². The van der Waals surface area contributed by atoms with Gasteiger partial charge >= 0.3 is 0 Å². The number of aryl methyl sites for hydroxylation is 1. The number of carboxylic acids is 1. The lowest BCUT2D eigenvalue weighted by atomic mass is 9.98. The van der Waals surface area contributed by atoms with E-state index in [1.807, 2.05) is 19.4 Å². The monoisotopic (exact) mass is 194 g/mol. The molecule has 4 heteroatoms. The fourth-order valence-corrected chi connectivity index (χ4v) is 1.17. The molecule has 76 valence electrons. The Bertz CT molecular complexity index is 349. The van der Waals surface area contributed by atoms with E-state index < -0.39 is 5.97 Å². The van der Waals surface area contributed by atoms with Crippen molar-refractivity contribution in [2.24, 2.45) is 7.05 Å². The number of aromatic nitrogens is 2. The number of carbonyl (C=O) groups is 1. The van der Waals surface area contributed by atoms with Gasteiger partial charge < -0.3 is 9.67 Å². The standard InChI is InChI=1S/C8H10N2.C2H4O2/c1-10-6-5-9-8(10)7-3-2-4-7;1-2(3)4/h3,5-6H,2,4H2,1H3;1H3,(H,3,4). The van der Waals surface area contributed by atoms with Crippen molar-refractivity contribution >= 4 is 11.5 Å². The van der Waals surface area contributed by atoms with Crippen molar-refractivity contribution in [3.8, 4) is 0 Å². The van der Waals surface area contributed by atoms with Gasteiger partial charge in [-0.25, -0.2) is 4.98 Å². The van der Waals surface area contributed by atoms with E-state index in [4.69, 9.17) is 9.90 Å². The number of carboxylic acid groups (broad SMARTS) is 1. The lowest BCUT2D eigenvalue weighted by molar-refractivity contribution is -0.134. The molecule has 0 aliphatic heterocycles. The van der Waals surface area contributed by atoms with Crippen LogP contribution in [0, 0.1) is 0 Å². The van der Waals surface area contributed by atoms with Gasteiger partial charge in [0.25, 0.3) is 5.97 Å². The minimum atomic E-state index is -0.833. The minimum absolute atomic E-state index is 0.833. The second-order valence-corrected chi connectivity index (χ2v) is 3.15. The average molecular weight is 194 g/mol. The van der Waals surface area contributed by atoms with Crippen LogP contribution in [-0.2, 0) is 11.8 Å². The Hall–Kier alpha value is -1.58. The Labute approximate surface area is 82.9 Å². The Morgan fingerprint density at radius 1 is 1.64 bits per heavy atom. The van der Waals surface area contributed by atoms with E-state index in [0.29, 0.717) is 0 Å². The first-order chi connectivity index (χ1) is 6.61. The molecular formula is C10H14N2O2. The molecular weight excluding hydrogens is 180 g/mol. The third kappa shape index (κ3) is 2.73. The summed E-state index contributed by atoms with van der Waals surface area (Å²) in [5.74, 6) is 0.297. The maximum atomic E-state index is 9.00. The number of imidazole rings is 1. The molecule has 1 heterocycles. The summed E-state index contributed by atoms with van der Waals surface area (Å²) in [6.45, 7) is 1.08. The first-order valence-corrected chi connectivity index (χ1v) is 4.47. The van der Waals surface area contributed by atoms with Crippen molar-refractivity contribution in [3.05, 3.63) is 24.3 Å². The van der Waals surface area contributed by atoms with E-state index in [9.17, 15) is 0 Å². The van der Waals surface area contributed by atoms with E-state index in [1.54, 1.807) is 0 Å². The van der Waals surface area contributed by atoms with Crippen LogP contribution in [-0.4, -0.2) is 20.6 Å². The third-order valence-electron chi connectivity index (χ3n) is 1.91. The van der Waals surface area contributed by atoms with Crippen molar-refractivity contribution in [2.45, 2.75) is 19.8 Å². The second-order valence-electron chi connectivity index (χ2n) is 3.15. The Kier molecular flexibility index (Phi) is 3.45. The fourth-order valence-electron chi connectivity index (χ4n) is 1.17. The molecule has 0 spiro atoms. The number of aliphatic carboxylic acids is 1. The van der Waals surface area contributed by atoms with Crippen molar-refractivity contribution in [1.29, 1.82) is 0 Å². The molecule has 0 amide bonds. The maximum absolute atomic E-state index is 9.00. The van der Waals surface area contributed by atoms with Gasteiger partial charge in [-0.05, 0) is 18.4 Å². The Balaban J connectivity index is 0.000000213. The highest BCUT2D eigenvalue weighted by atomic mass is 16.4. The number of allylic oxidation sites excluding steroid dienone is 2. The molecule has 1 aliphatic rings. The highest BCUT2D eigenvalue weighted by molar-refractivity contribution is 5.64. The Morgan fingerprint density at radius 3 is 2.50 bits per heavy atom. The van der Waals surface area contributed by atoms with Gasteiger partial charge in [-0.3, -0.25) is 4.79 Å². The summed E-state index contributed by atoms with van der Waals surface area (Å²) in [5, 5.41) is 7.42. The lowest BCUT2D eigenvalue weighted by Crippen LogP contribution is -2.00. The van der Waals surface area contributed by atoms with Crippen LogP contribution in [0.5, 0.6) is 0 Å². The third-order valence-corrected chi connectivity index (χ3v) is 1.91. The molecule has 1 N–H and O–H groups in total. The number of rotatable bonds is 1. The lowest BCUT2D eigenvalue weighted by Gasteiger charge is -2.12. The number of hydrogen-bond donors (Lipinski definition) is 1. The van der Waals surface area contributed by atoms with Gasteiger partial charge in [0.15, 0.2) is 0 Å². The molecule has 1 aliphatic carbocycles. The molecule has 0 saturated carbocycles. The molecule has 4 nitrogen and oxygen atoms in total. The molecule has 0 aromatic carbocycles. The zero-order valence-electron chi connectivity index (χ0n) is 8.40. The summed E-state index contributed by atoms with van der Waals surface area (Å²) in [5.41, 5.74) is 1.40. The van der Waals surface area contributed by atoms with Crippen molar-refractivity contribution < 1.29 is 9.90 Å². The van der Waals surface area contributed by atoms with Gasteiger partial charge in [0.05, 0.1) is 0 Å². The van der Waals surface area contributed by atoms with E-state index >= 15 is 0 Å². The molecule has 0 bridgehead atoms. The first-order valence-electron chi connectivity index (χ1n) is 4.47. The summed E-state index contributed by atoms with van der Waals surface area (Å²) in [6, 6.07) is 0. The van der Waals surface area contributed by atoms with Crippen LogP contribution in [0.25, 0.3) is 5.57 Å². The van der Waals surface area contributed by atoms with Crippen LogP contribution in [0.15, 0.2) is 18.5 Å². The molecule has 0 atom stereocenters. The van der Waals surface area contributed by atoms with Crippen LogP contribution in [0.4, 0.5) is 0 Å². The zero-order valence-corrected chi connectivity index (χ0v) is 8.40. The summed E-state index contributed by atoms with van der Waals surface area (Å²) < 4.78 is 2.06. The highest BCUT2D eigenvalue weighted by Gasteiger charge is 2.11. The van der Waals surface area contributed by atoms with Crippen LogP contribution in [0.3, 0.4) is 0 Å². The molecule has 1 aromatic heterocycles. The zero-order chi connectivity index (χ0) is 10.6. The van der Waals surface area contributed by atoms with Gasteiger partial charge in [0.2, 0.25) is 0 Å². The summed E-state index contributed by atoms with van der Waals surface area (Å²) in [4.78, 5) is 13.2. The molecule has 0 radical (unpaired) electrons. The van der Waals surface area contributed by atoms with Gasteiger partial charge in [0, 0.05) is 26.4 Å². The topological polar surface area (TPSA) is 55.1 Å². The quantitative estimate of drug-likeness (QED) is 0.740. The molecule has 0 saturated heterocycles. The van der Waals surface area contributed by atoms with Gasteiger partial charge in [-0.1, -0.05) is 6.08 Å².